The Morgan fingerprint density at radius 1 is 1.53 bits per heavy atom. The van der Waals surface area contributed by atoms with Crippen molar-refractivity contribution in [1.29, 1.82) is 0 Å². The minimum atomic E-state index is 0.249. The topological polar surface area (TPSA) is 15.3 Å². The fourth-order valence-corrected chi connectivity index (χ4v) is 2.05. The van der Waals surface area contributed by atoms with Gasteiger partial charge in [-0.15, -0.1) is 6.42 Å². The smallest absolute Gasteiger partial charge is 0.0791 e. The van der Waals surface area contributed by atoms with Crippen LogP contribution in [0.3, 0.4) is 0 Å². The first-order valence-corrected chi connectivity index (χ1v) is 6.17. The molecule has 0 saturated carbocycles. The summed E-state index contributed by atoms with van der Waals surface area (Å²) in [4.78, 5) is 2.11. The maximum atomic E-state index is 6.29. The molecule has 1 aromatic rings. The monoisotopic (exact) mass is 250 g/mol. The largest absolute Gasteiger partial charge is 0.361 e. The minimum Gasteiger partial charge on any atom is -0.361 e. The van der Waals surface area contributed by atoms with Crippen LogP contribution in [-0.4, -0.2) is 20.1 Å². The lowest BCUT2D eigenvalue weighted by molar-refractivity contribution is 0.652. The van der Waals surface area contributed by atoms with Gasteiger partial charge in [0.15, 0.2) is 0 Å². The molecule has 92 valence electrons. The van der Waals surface area contributed by atoms with Crippen LogP contribution in [0.1, 0.15) is 25.5 Å². The molecular formula is C14H19ClN2. The van der Waals surface area contributed by atoms with Crippen molar-refractivity contribution < 1.29 is 0 Å². The maximum Gasteiger partial charge on any atom is 0.0791 e. The highest BCUT2D eigenvalue weighted by atomic mass is 35.5. The molecule has 0 aliphatic heterocycles. The Morgan fingerprint density at radius 2 is 2.24 bits per heavy atom. The summed E-state index contributed by atoms with van der Waals surface area (Å²) in [5.74, 6) is 2.66. The first-order chi connectivity index (χ1) is 8.13. The van der Waals surface area contributed by atoms with Crippen LogP contribution in [0, 0.1) is 12.3 Å². The van der Waals surface area contributed by atoms with Gasteiger partial charge in [-0.05, 0) is 38.6 Å². The lowest BCUT2D eigenvalue weighted by Crippen LogP contribution is -2.23. The molecule has 0 aliphatic rings. The summed E-state index contributed by atoms with van der Waals surface area (Å²) in [6.07, 6.45) is 5.35. The third-order valence-electron chi connectivity index (χ3n) is 2.91. The van der Waals surface area contributed by atoms with Gasteiger partial charge in [-0.1, -0.05) is 23.6 Å². The van der Waals surface area contributed by atoms with Crippen molar-refractivity contribution in [3.63, 3.8) is 0 Å². The summed E-state index contributed by atoms with van der Waals surface area (Å²) in [6.45, 7) is 5.64. The van der Waals surface area contributed by atoms with Gasteiger partial charge >= 0.3 is 0 Å². The van der Waals surface area contributed by atoms with Crippen LogP contribution in [0.15, 0.2) is 18.2 Å². The molecule has 0 aliphatic carbocycles. The fourth-order valence-electron chi connectivity index (χ4n) is 1.72. The Kier molecular flexibility index (Phi) is 5.34. The highest BCUT2D eigenvalue weighted by Gasteiger charge is 2.10. The molecule has 2 nitrogen and oxygen atoms in total. The minimum absolute atomic E-state index is 0.249. The second-order valence-electron chi connectivity index (χ2n) is 3.93. The van der Waals surface area contributed by atoms with Crippen LogP contribution in [-0.2, 0) is 0 Å². The Hall–Kier alpha value is -1.17. The van der Waals surface area contributed by atoms with Crippen molar-refractivity contribution in [3.05, 3.63) is 28.8 Å². The SMILES string of the molecule is C#CCN(CC)c1ccc(C(C)NC)c(Cl)c1. The molecule has 1 N–H and O–H groups in total. The van der Waals surface area contributed by atoms with Crippen molar-refractivity contribution >= 4 is 17.3 Å². The predicted molar refractivity (Wildman–Crippen MR) is 75.6 cm³/mol. The van der Waals surface area contributed by atoms with Crippen LogP contribution in [0.2, 0.25) is 5.02 Å². The van der Waals surface area contributed by atoms with E-state index in [1.54, 1.807) is 0 Å². The quantitative estimate of drug-likeness (QED) is 0.808. The van der Waals surface area contributed by atoms with Crippen LogP contribution in [0.4, 0.5) is 5.69 Å². The van der Waals surface area contributed by atoms with E-state index >= 15 is 0 Å². The maximum absolute atomic E-state index is 6.29. The first-order valence-electron chi connectivity index (χ1n) is 5.79. The molecule has 0 radical (unpaired) electrons. The van der Waals surface area contributed by atoms with E-state index in [0.29, 0.717) is 6.54 Å². The predicted octanol–water partition coefficient (Wildman–Crippen LogP) is 3.08. The average molecular weight is 251 g/mol. The third-order valence-corrected chi connectivity index (χ3v) is 3.24. The van der Waals surface area contributed by atoms with E-state index in [4.69, 9.17) is 18.0 Å². The number of nitrogens with zero attached hydrogens (tertiary/aromatic N) is 1. The van der Waals surface area contributed by atoms with Crippen LogP contribution < -0.4 is 10.2 Å². The summed E-state index contributed by atoms with van der Waals surface area (Å²) in [7, 11) is 1.92. The van der Waals surface area contributed by atoms with E-state index in [1.807, 2.05) is 13.1 Å². The van der Waals surface area contributed by atoms with E-state index in [-0.39, 0.29) is 6.04 Å². The Bertz CT molecular complexity index is 409. The molecule has 0 bridgehead atoms. The molecule has 17 heavy (non-hydrogen) atoms. The molecule has 1 atom stereocenters. The van der Waals surface area contributed by atoms with E-state index in [0.717, 1.165) is 22.8 Å². The average Bonchev–Trinajstić information content (AvgIpc) is 2.35. The van der Waals surface area contributed by atoms with Gasteiger partial charge in [0.25, 0.3) is 0 Å². The summed E-state index contributed by atoms with van der Waals surface area (Å²) < 4.78 is 0. The second-order valence-corrected chi connectivity index (χ2v) is 4.34. The number of terminal acetylenes is 1. The number of rotatable bonds is 5. The number of anilines is 1. The molecule has 1 aromatic carbocycles. The zero-order chi connectivity index (χ0) is 12.8. The Balaban J connectivity index is 2.99. The fraction of sp³-hybridized carbons (Fsp3) is 0.429. The highest BCUT2D eigenvalue weighted by molar-refractivity contribution is 6.31. The van der Waals surface area contributed by atoms with E-state index < -0.39 is 0 Å². The van der Waals surface area contributed by atoms with Gasteiger partial charge in [0.2, 0.25) is 0 Å². The summed E-state index contributed by atoms with van der Waals surface area (Å²) >= 11 is 6.29. The first kappa shape index (κ1) is 13.9. The Morgan fingerprint density at radius 3 is 2.71 bits per heavy atom. The van der Waals surface area contributed by atoms with Crippen molar-refractivity contribution in [3.8, 4) is 12.3 Å². The molecule has 1 unspecified atom stereocenters. The molecule has 0 heterocycles. The van der Waals surface area contributed by atoms with Crippen LogP contribution in [0.25, 0.3) is 0 Å². The molecule has 3 heteroatoms. The molecule has 0 saturated heterocycles. The highest BCUT2D eigenvalue weighted by Crippen LogP contribution is 2.27. The van der Waals surface area contributed by atoms with Gasteiger partial charge in [0.05, 0.1) is 6.54 Å². The van der Waals surface area contributed by atoms with Crippen molar-refractivity contribution in [1.82, 2.24) is 5.32 Å². The molecule has 0 fully saturated rings. The Labute approximate surface area is 109 Å². The lowest BCUT2D eigenvalue weighted by Gasteiger charge is -2.22. The number of hydrogen-bond acceptors (Lipinski definition) is 2. The van der Waals surface area contributed by atoms with Crippen molar-refractivity contribution in [2.45, 2.75) is 19.9 Å². The summed E-state index contributed by atoms with van der Waals surface area (Å²) in [5.41, 5.74) is 2.18. The third kappa shape index (κ3) is 3.39. The van der Waals surface area contributed by atoms with Crippen molar-refractivity contribution in [2.24, 2.45) is 0 Å². The number of nitrogens with one attached hydrogen (secondary N) is 1. The zero-order valence-corrected chi connectivity index (χ0v) is 11.4. The standard InChI is InChI=1S/C14H19ClN2/c1-5-9-17(6-2)12-7-8-13(11(3)16-4)14(15)10-12/h1,7-8,10-11,16H,6,9H2,2-4H3. The molecule has 1 rings (SSSR count). The summed E-state index contributed by atoms with van der Waals surface area (Å²) in [5, 5.41) is 3.96. The molecule has 0 amide bonds. The van der Waals surface area contributed by atoms with Gasteiger partial charge in [-0.2, -0.15) is 0 Å². The van der Waals surface area contributed by atoms with Crippen LogP contribution >= 0.6 is 11.6 Å². The summed E-state index contributed by atoms with van der Waals surface area (Å²) in [6, 6.07) is 6.35. The molecule has 0 spiro atoms. The second kappa shape index (κ2) is 6.54. The lowest BCUT2D eigenvalue weighted by atomic mass is 10.1. The van der Waals surface area contributed by atoms with Crippen LogP contribution in [0.5, 0.6) is 0 Å². The normalized spacial score (nSPS) is 11.9. The zero-order valence-electron chi connectivity index (χ0n) is 10.6. The number of hydrogen-bond donors (Lipinski definition) is 1. The number of halogens is 1. The van der Waals surface area contributed by atoms with Gasteiger partial charge < -0.3 is 10.2 Å². The molecule has 0 aromatic heterocycles. The van der Waals surface area contributed by atoms with E-state index in [1.165, 1.54) is 0 Å². The van der Waals surface area contributed by atoms with Crippen molar-refractivity contribution in [2.75, 3.05) is 25.0 Å². The molecular weight excluding hydrogens is 232 g/mol. The van der Waals surface area contributed by atoms with Gasteiger partial charge in [0.1, 0.15) is 0 Å². The van der Waals surface area contributed by atoms with Gasteiger partial charge in [0, 0.05) is 23.3 Å². The van der Waals surface area contributed by atoms with E-state index in [9.17, 15) is 0 Å². The van der Waals surface area contributed by atoms with Gasteiger partial charge in [-0.25, -0.2) is 0 Å². The number of benzene rings is 1. The van der Waals surface area contributed by atoms with Gasteiger partial charge in [-0.3, -0.25) is 0 Å². The van der Waals surface area contributed by atoms with E-state index in [2.05, 4.69) is 42.1 Å².